The molecule has 2 aromatic rings. The van der Waals surface area contributed by atoms with E-state index in [1.807, 2.05) is 0 Å². The Morgan fingerprint density at radius 3 is 2.69 bits per heavy atom. The Hall–Kier alpha value is -1.24. The van der Waals surface area contributed by atoms with Crippen molar-refractivity contribution in [2.24, 2.45) is 0 Å². The Labute approximate surface area is 96.9 Å². The van der Waals surface area contributed by atoms with Crippen LogP contribution in [-0.4, -0.2) is 4.98 Å². The molecule has 1 fully saturated rings. The van der Waals surface area contributed by atoms with Crippen LogP contribution in [0, 0.1) is 6.92 Å². The summed E-state index contributed by atoms with van der Waals surface area (Å²) in [6.45, 7) is 2.20. The molecule has 0 spiro atoms. The minimum absolute atomic E-state index is 0.778. The zero-order chi connectivity index (χ0) is 11.0. The Morgan fingerprint density at radius 2 is 1.94 bits per heavy atom. The van der Waals surface area contributed by atoms with Gasteiger partial charge in [-0.25, -0.2) is 0 Å². The third-order valence-electron chi connectivity index (χ3n) is 3.95. The molecule has 1 N–H and O–H groups in total. The highest BCUT2D eigenvalue weighted by Gasteiger charge is 2.17. The molecule has 0 amide bonds. The zero-order valence-corrected chi connectivity index (χ0v) is 9.92. The van der Waals surface area contributed by atoms with Gasteiger partial charge in [0, 0.05) is 16.6 Å². The highest BCUT2D eigenvalue weighted by Crippen LogP contribution is 2.34. The third kappa shape index (κ3) is 1.64. The average Bonchev–Trinajstić information content (AvgIpc) is 2.76. The molecule has 1 saturated carbocycles. The normalized spacial score (nSPS) is 18.1. The fraction of sp³-hybridized carbons (Fsp3) is 0.467. The van der Waals surface area contributed by atoms with E-state index in [1.165, 1.54) is 54.3 Å². The van der Waals surface area contributed by atoms with E-state index in [0.717, 1.165) is 5.92 Å². The van der Waals surface area contributed by atoms with Crippen LogP contribution in [0.25, 0.3) is 10.9 Å². The van der Waals surface area contributed by atoms with E-state index in [4.69, 9.17) is 0 Å². The number of aryl methyl sites for hydroxylation is 1. The number of hydrogen-bond donors (Lipinski definition) is 1. The van der Waals surface area contributed by atoms with Gasteiger partial charge in [0.1, 0.15) is 0 Å². The Morgan fingerprint density at radius 1 is 1.12 bits per heavy atom. The fourth-order valence-electron chi connectivity index (χ4n) is 2.96. The van der Waals surface area contributed by atoms with E-state index in [0.29, 0.717) is 0 Å². The zero-order valence-electron chi connectivity index (χ0n) is 9.92. The van der Waals surface area contributed by atoms with Gasteiger partial charge in [-0.2, -0.15) is 0 Å². The van der Waals surface area contributed by atoms with Crippen LogP contribution < -0.4 is 0 Å². The second-order valence-corrected chi connectivity index (χ2v) is 5.10. The van der Waals surface area contributed by atoms with Crippen LogP contribution in [0.5, 0.6) is 0 Å². The summed E-state index contributed by atoms with van der Waals surface area (Å²) in [7, 11) is 0. The van der Waals surface area contributed by atoms with Gasteiger partial charge in [0.2, 0.25) is 0 Å². The SMILES string of the molecule is Cc1cccc2[nH]c(C3CCCCC3)cc12. The Kier molecular flexibility index (Phi) is 2.47. The van der Waals surface area contributed by atoms with Crippen molar-refractivity contribution in [3.63, 3.8) is 0 Å². The quantitative estimate of drug-likeness (QED) is 0.716. The number of nitrogens with one attached hydrogen (secondary N) is 1. The molecule has 1 heteroatoms. The molecule has 0 unspecified atom stereocenters. The first-order valence-electron chi connectivity index (χ1n) is 6.43. The standard InChI is InChI=1S/C15H19N/c1-11-6-5-9-14-13(11)10-15(16-14)12-7-3-2-4-8-12/h5-6,9-10,12,16H,2-4,7-8H2,1H3. The highest BCUT2D eigenvalue weighted by atomic mass is 14.7. The maximum atomic E-state index is 3.61. The van der Waals surface area contributed by atoms with Crippen LogP contribution in [-0.2, 0) is 0 Å². The van der Waals surface area contributed by atoms with Crippen LogP contribution in [0.4, 0.5) is 0 Å². The third-order valence-corrected chi connectivity index (χ3v) is 3.95. The lowest BCUT2D eigenvalue weighted by atomic mass is 9.87. The minimum atomic E-state index is 0.778. The lowest BCUT2D eigenvalue weighted by Gasteiger charge is -2.20. The molecular formula is C15H19N. The number of hydrogen-bond acceptors (Lipinski definition) is 0. The van der Waals surface area contributed by atoms with Crippen LogP contribution in [0.3, 0.4) is 0 Å². The van der Waals surface area contributed by atoms with E-state index in [-0.39, 0.29) is 0 Å². The fourth-order valence-corrected chi connectivity index (χ4v) is 2.96. The van der Waals surface area contributed by atoms with Gasteiger partial charge in [0.15, 0.2) is 0 Å². The van der Waals surface area contributed by atoms with Crippen LogP contribution >= 0.6 is 0 Å². The van der Waals surface area contributed by atoms with Crippen molar-refractivity contribution >= 4 is 10.9 Å². The molecule has 0 radical (unpaired) electrons. The topological polar surface area (TPSA) is 15.8 Å². The van der Waals surface area contributed by atoms with Crippen molar-refractivity contribution in [1.29, 1.82) is 0 Å². The van der Waals surface area contributed by atoms with Gasteiger partial charge in [-0.15, -0.1) is 0 Å². The molecule has 1 aromatic carbocycles. The Bertz CT molecular complexity index is 489. The monoisotopic (exact) mass is 213 g/mol. The van der Waals surface area contributed by atoms with Crippen molar-refractivity contribution in [3.05, 3.63) is 35.5 Å². The van der Waals surface area contributed by atoms with E-state index in [1.54, 1.807) is 0 Å². The van der Waals surface area contributed by atoms with E-state index in [2.05, 4.69) is 36.2 Å². The lowest BCUT2D eigenvalue weighted by molar-refractivity contribution is 0.438. The molecule has 0 saturated heterocycles. The van der Waals surface area contributed by atoms with Gasteiger partial charge in [0.05, 0.1) is 0 Å². The summed E-state index contributed by atoms with van der Waals surface area (Å²) in [4.78, 5) is 3.61. The second-order valence-electron chi connectivity index (χ2n) is 5.10. The molecule has 1 nitrogen and oxygen atoms in total. The summed E-state index contributed by atoms with van der Waals surface area (Å²) in [5, 5.41) is 1.41. The number of H-pyrrole nitrogens is 1. The lowest BCUT2D eigenvalue weighted by Crippen LogP contribution is -2.04. The van der Waals surface area contributed by atoms with Crippen LogP contribution in [0.2, 0.25) is 0 Å². The van der Waals surface area contributed by atoms with Crippen LogP contribution in [0.1, 0.15) is 49.3 Å². The van der Waals surface area contributed by atoms with Crippen molar-refractivity contribution in [1.82, 2.24) is 4.98 Å². The van der Waals surface area contributed by atoms with Crippen molar-refractivity contribution in [2.75, 3.05) is 0 Å². The molecule has 1 aliphatic rings. The molecule has 0 aliphatic heterocycles. The van der Waals surface area contributed by atoms with Gasteiger partial charge in [0.25, 0.3) is 0 Å². The maximum Gasteiger partial charge on any atom is 0.0458 e. The second kappa shape index (κ2) is 3.97. The number of rotatable bonds is 1. The summed E-state index contributed by atoms with van der Waals surface area (Å²) >= 11 is 0. The molecule has 1 heterocycles. The van der Waals surface area contributed by atoms with Crippen molar-refractivity contribution < 1.29 is 0 Å². The van der Waals surface area contributed by atoms with Gasteiger partial charge < -0.3 is 4.98 Å². The molecule has 1 aliphatic carbocycles. The average molecular weight is 213 g/mol. The summed E-state index contributed by atoms with van der Waals surface area (Å²) in [6.07, 6.45) is 6.96. The number of aromatic nitrogens is 1. The summed E-state index contributed by atoms with van der Waals surface area (Å²) < 4.78 is 0. The van der Waals surface area contributed by atoms with Crippen molar-refractivity contribution in [3.8, 4) is 0 Å². The van der Waals surface area contributed by atoms with Gasteiger partial charge in [-0.05, 0) is 43.4 Å². The predicted octanol–water partition coefficient (Wildman–Crippen LogP) is 4.52. The summed E-state index contributed by atoms with van der Waals surface area (Å²) in [6, 6.07) is 8.90. The minimum Gasteiger partial charge on any atom is -0.358 e. The van der Waals surface area contributed by atoms with Crippen LogP contribution in [0.15, 0.2) is 24.3 Å². The van der Waals surface area contributed by atoms with Gasteiger partial charge in [-0.1, -0.05) is 31.4 Å². The first-order chi connectivity index (χ1) is 7.84. The van der Waals surface area contributed by atoms with Crippen molar-refractivity contribution in [2.45, 2.75) is 44.9 Å². The van der Waals surface area contributed by atoms with Gasteiger partial charge in [-0.3, -0.25) is 0 Å². The Balaban J connectivity index is 2.01. The van der Waals surface area contributed by atoms with E-state index >= 15 is 0 Å². The molecular weight excluding hydrogens is 194 g/mol. The molecule has 3 rings (SSSR count). The predicted molar refractivity (Wildman–Crippen MR) is 68.9 cm³/mol. The first-order valence-corrected chi connectivity index (χ1v) is 6.43. The van der Waals surface area contributed by atoms with E-state index in [9.17, 15) is 0 Å². The molecule has 0 bridgehead atoms. The number of fused-ring (bicyclic) bond motifs is 1. The smallest absolute Gasteiger partial charge is 0.0458 e. The first kappa shape index (κ1) is 9.95. The molecule has 16 heavy (non-hydrogen) atoms. The highest BCUT2D eigenvalue weighted by molar-refractivity contribution is 5.83. The number of aromatic amines is 1. The largest absolute Gasteiger partial charge is 0.358 e. The molecule has 0 atom stereocenters. The summed E-state index contributed by atoms with van der Waals surface area (Å²) in [5.74, 6) is 0.778. The maximum absolute atomic E-state index is 3.61. The summed E-state index contributed by atoms with van der Waals surface area (Å²) in [5.41, 5.74) is 4.15. The van der Waals surface area contributed by atoms with Gasteiger partial charge >= 0.3 is 0 Å². The molecule has 1 aromatic heterocycles. The number of benzene rings is 1. The van der Waals surface area contributed by atoms with E-state index < -0.39 is 0 Å². The molecule has 84 valence electrons.